The Labute approximate surface area is 89.2 Å². The highest BCUT2D eigenvalue weighted by molar-refractivity contribution is 7.89. The second kappa shape index (κ2) is 4.61. The van der Waals surface area contributed by atoms with Crippen LogP contribution in [0.5, 0.6) is 5.75 Å². The minimum absolute atomic E-state index is 0.0428. The summed E-state index contributed by atoms with van der Waals surface area (Å²) in [5.41, 5.74) is 0. The minimum atomic E-state index is -3.56. The Kier molecular flexibility index (Phi) is 3.67. The number of sulfonamides is 1. The molecule has 1 aromatic rings. The molecule has 0 radical (unpaired) electrons. The second-order valence-corrected chi connectivity index (χ2v) is 5.02. The summed E-state index contributed by atoms with van der Waals surface area (Å²) in [7, 11) is -3.56. The molecule has 1 rings (SSSR count). The van der Waals surface area contributed by atoms with E-state index in [1.807, 2.05) is 0 Å². The van der Waals surface area contributed by atoms with Crippen molar-refractivity contribution in [1.82, 2.24) is 4.72 Å². The van der Waals surface area contributed by atoms with Crippen molar-refractivity contribution in [2.45, 2.75) is 24.8 Å². The van der Waals surface area contributed by atoms with Gasteiger partial charge in [0, 0.05) is 6.04 Å². The first kappa shape index (κ1) is 12.0. The Balaban J connectivity index is 3.15. The van der Waals surface area contributed by atoms with Gasteiger partial charge in [-0.3, -0.25) is 0 Å². The van der Waals surface area contributed by atoms with Crippen LogP contribution in [0.3, 0.4) is 0 Å². The first-order chi connectivity index (χ1) is 6.97. The number of rotatable bonds is 4. The Hall–Kier alpha value is -1.11. The third-order valence-corrected chi connectivity index (χ3v) is 3.35. The van der Waals surface area contributed by atoms with Crippen LogP contribution in [0.25, 0.3) is 0 Å². The molecule has 0 spiro atoms. The molecular formula is C9H14N2O3S. The summed E-state index contributed by atoms with van der Waals surface area (Å²) >= 11 is 0. The topological polar surface area (TPSA) is 81.4 Å². The van der Waals surface area contributed by atoms with Crippen molar-refractivity contribution in [1.29, 1.82) is 0 Å². The van der Waals surface area contributed by atoms with E-state index in [2.05, 4.69) is 9.56 Å². The van der Waals surface area contributed by atoms with Crippen LogP contribution in [-0.2, 0) is 10.0 Å². The monoisotopic (exact) mass is 230 g/mol. The third-order valence-electron chi connectivity index (χ3n) is 1.66. The van der Waals surface area contributed by atoms with Gasteiger partial charge in [0.15, 0.2) is 5.75 Å². The van der Waals surface area contributed by atoms with Crippen molar-refractivity contribution in [3.8, 4) is 5.75 Å². The van der Waals surface area contributed by atoms with E-state index in [9.17, 15) is 8.42 Å². The zero-order valence-electron chi connectivity index (χ0n) is 8.60. The molecule has 0 aliphatic carbocycles. The van der Waals surface area contributed by atoms with E-state index in [0.29, 0.717) is 0 Å². The lowest BCUT2D eigenvalue weighted by atomic mass is 10.3. The molecule has 0 aliphatic heterocycles. The van der Waals surface area contributed by atoms with Gasteiger partial charge >= 0.3 is 0 Å². The normalized spacial score (nSPS) is 11.7. The van der Waals surface area contributed by atoms with Gasteiger partial charge in [0.05, 0.1) is 0 Å². The molecule has 0 aromatic heterocycles. The fourth-order valence-electron chi connectivity index (χ4n) is 1.14. The molecule has 0 amide bonds. The molecule has 84 valence electrons. The van der Waals surface area contributed by atoms with Crippen molar-refractivity contribution in [3.63, 3.8) is 0 Å². The fourth-order valence-corrected chi connectivity index (χ4v) is 2.53. The van der Waals surface area contributed by atoms with Gasteiger partial charge in [-0.15, -0.1) is 0 Å². The number of hydrogen-bond acceptors (Lipinski definition) is 4. The SMILES string of the molecule is CC(C)NS(=O)(=O)c1ccccc1ON. The maximum absolute atomic E-state index is 11.8. The van der Waals surface area contributed by atoms with E-state index in [0.717, 1.165) is 0 Å². The fraction of sp³-hybridized carbons (Fsp3) is 0.333. The van der Waals surface area contributed by atoms with Crippen LogP contribution >= 0.6 is 0 Å². The number of para-hydroxylation sites is 1. The van der Waals surface area contributed by atoms with Crippen LogP contribution in [0, 0.1) is 0 Å². The average Bonchev–Trinajstić information content (AvgIpc) is 2.16. The van der Waals surface area contributed by atoms with E-state index in [1.165, 1.54) is 12.1 Å². The molecule has 15 heavy (non-hydrogen) atoms. The second-order valence-electron chi connectivity index (χ2n) is 3.34. The molecule has 0 heterocycles. The summed E-state index contributed by atoms with van der Waals surface area (Å²) in [4.78, 5) is 4.54. The van der Waals surface area contributed by atoms with Crippen LogP contribution in [0.15, 0.2) is 29.2 Å². The Morgan fingerprint density at radius 3 is 2.47 bits per heavy atom. The largest absolute Gasteiger partial charge is 0.410 e. The smallest absolute Gasteiger partial charge is 0.244 e. The molecule has 0 saturated carbocycles. The molecule has 0 aliphatic rings. The Bertz CT molecular complexity index is 429. The van der Waals surface area contributed by atoms with Crippen molar-refractivity contribution in [2.24, 2.45) is 5.90 Å². The van der Waals surface area contributed by atoms with Crippen LogP contribution in [0.4, 0.5) is 0 Å². The first-order valence-corrected chi connectivity index (χ1v) is 5.94. The zero-order valence-corrected chi connectivity index (χ0v) is 9.41. The summed E-state index contributed by atoms with van der Waals surface area (Å²) < 4.78 is 26.0. The summed E-state index contributed by atoms with van der Waals surface area (Å²) in [5, 5.41) is 0. The Morgan fingerprint density at radius 1 is 1.33 bits per heavy atom. The highest BCUT2D eigenvalue weighted by atomic mass is 32.2. The number of nitrogens with two attached hydrogens (primary N) is 1. The molecule has 6 heteroatoms. The van der Waals surface area contributed by atoms with E-state index in [-0.39, 0.29) is 16.7 Å². The molecule has 0 fully saturated rings. The van der Waals surface area contributed by atoms with Crippen LogP contribution < -0.4 is 15.5 Å². The average molecular weight is 230 g/mol. The van der Waals surface area contributed by atoms with Crippen molar-refractivity contribution in [2.75, 3.05) is 0 Å². The first-order valence-electron chi connectivity index (χ1n) is 4.45. The van der Waals surface area contributed by atoms with E-state index in [4.69, 9.17) is 5.90 Å². The summed E-state index contributed by atoms with van der Waals surface area (Å²) in [6, 6.07) is 6.01. The number of nitrogens with one attached hydrogen (secondary N) is 1. The van der Waals surface area contributed by atoms with Crippen LogP contribution in [-0.4, -0.2) is 14.5 Å². The Morgan fingerprint density at radius 2 is 1.93 bits per heavy atom. The summed E-state index contributed by atoms with van der Waals surface area (Å²) in [6.07, 6.45) is 0. The zero-order chi connectivity index (χ0) is 11.5. The lowest BCUT2D eigenvalue weighted by Gasteiger charge is -2.11. The summed E-state index contributed by atoms with van der Waals surface area (Å²) in [5.74, 6) is 5.12. The van der Waals surface area contributed by atoms with Crippen molar-refractivity contribution < 1.29 is 13.3 Å². The molecule has 5 nitrogen and oxygen atoms in total. The van der Waals surface area contributed by atoms with Gasteiger partial charge in [-0.05, 0) is 26.0 Å². The lowest BCUT2D eigenvalue weighted by molar-refractivity contribution is 0.325. The van der Waals surface area contributed by atoms with Gasteiger partial charge in [0.2, 0.25) is 10.0 Å². The standard InChI is InChI=1S/C9H14N2O3S/c1-7(2)11-15(12,13)9-6-4-3-5-8(9)14-10/h3-7,11H,10H2,1-2H3. The lowest BCUT2D eigenvalue weighted by Crippen LogP contribution is -2.30. The molecule has 0 atom stereocenters. The minimum Gasteiger partial charge on any atom is -0.410 e. The van der Waals surface area contributed by atoms with Gasteiger partial charge in [-0.25, -0.2) is 13.1 Å². The maximum atomic E-state index is 11.8. The van der Waals surface area contributed by atoms with Crippen LogP contribution in [0.2, 0.25) is 0 Å². The van der Waals surface area contributed by atoms with Gasteiger partial charge in [0.25, 0.3) is 0 Å². The predicted octanol–water partition coefficient (Wildman–Crippen LogP) is 0.626. The molecule has 0 unspecified atom stereocenters. The molecular weight excluding hydrogens is 216 g/mol. The van der Waals surface area contributed by atoms with Crippen molar-refractivity contribution >= 4 is 10.0 Å². The molecule has 3 N–H and O–H groups in total. The molecule has 1 aromatic carbocycles. The third kappa shape index (κ3) is 2.92. The number of hydrogen-bond donors (Lipinski definition) is 2. The molecule has 0 bridgehead atoms. The van der Waals surface area contributed by atoms with E-state index in [1.54, 1.807) is 26.0 Å². The van der Waals surface area contributed by atoms with Gasteiger partial charge in [0.1, 0.15) is 4.90 Å². The highest BCUT2D eigenvalue weighted by Gasteiger charge is 2.19. The summed E-state index contributed by atoms with van der Waals surface area (Å²) in [6.45, 7) is 3.48. The van der Waals surface area contributed by atoms with Crippen molar-refractivity contribution in [3.05, 3.63) is 24.3 Å². The molecule has 0 saturated heterocycles. The van der Waals surface area contributed by atoms with Crippen LogP contribution in [0.1, 0.15) is 13.8 Å². The van der Waals surface area contributed by atoms with E-state index >= 15 is 0 Å². The predicted molar refractivity (Wildman–Crippen MR) is 56.7 cm³/mol. The van der Waals surface area contributed by atoms with E-state index < -0.39 is 10.0 Å². The van der Waals surface area contributed by atoms with Gasteiger partial charge in [-0.2, -0.15) is 5.90 Å². The maximum Gasteiger partial charge on any atom is 0.244 e. The quantitative estimate of drug-likeness (QED) is 0.743. The number of benzene rings is 1. The highest BCUT2D eigenvalue weighted by Crippen LogP contribution is 2.21. The van der Waals surface area contributed by atoms with Gasteiger partial charge < -0.3 is 4.84 Å². The van der Waals surface area contributed by atoms with Gasteiger partial charge in [-0.1, -0.05) is 12.1 Å².